The average molecular weight is 278 g/mol. The predicted molar refractivity (Wildman–Crippen MR) is 80.9 cm³/mol. The van der Waals surface area contributed by atoms with E-state index in [0.717, 1.165) is 27.9 Å². The lowest BCUT2D eigenvalue weighted by Crippen LogP contribution is -2.05. The largest absolute Gasteiger partial charge is 0.385 e. The molecule has 21 heavy (non-hydrogen) atoms. The topological polar surface area (TPSA) is 77.6 Å². The van der Waals surface area contributed by atoms with Crippen molar-refractivity contribution in [1.82, 2.24) is 19.9 Å². The number of fused-ring (bicyclic) bond motifs is 2. The van der Waals surface area contributed by atoms with Gasteiger partial charge in [-0.05, 0) is 24.3 Å². The van der Waals surface area contributed by atoms with E-state index in [2.05, 4.69) is 19.9 Å². The number of aromatic amines is 2. The first kappa shape index (κ1) is 12.1. The molecule has 0 radical (unpaired) electrons. The molecular weight excluding hydrogens is 264 g/mol. The number of aromatic nitrogens is 4. The molecule has 5 nitrogen and oxygen atoms in total. The Labute approximate surface area is 120 Å². The average Bonchev–Trinajstić information content (AvgIpc) is 3.10. The normalized spacial score (nSPS) is 13.0. The van der Waals surface area contributed by atoms with Crippen LogP contribution in [0.1, 0.15) is 17.8 Å². The summed E-state index contributed by atoms with van der Waals surface area (Å²) >= 11 is 0. The standard InChI is InChI=1S/C16H14N4O/c21-14(16-19-12-7-3-4-8-13(12)20-16)9-15-17-10-5-1-2-6-11(10)18-15/h1-8,14,21H,9H2,(H,17,18)(H,19,20)/t14-/m0/s1. The van der Waals surface area contributed by atoms with Crippen molar-refractivity contribution < 1.29 is 5.11 Å². The number of aliphatic hydroxyl groups is 1. The van der Waals surface area contributed by atoms with Crippen molar-refractivity contribution in [1.29, 1.82) is 0 Å². The number of H-pyrrole nitrogens is 2. The third-order valence-corrected chi connectivity index (χ3v) is 3.55. The Balaban J connectivity index is 1.63. The van der Waals surface area contributed by atoms with Crippen LogP contribution in [0.3, 0.4) is 0 Å². The van der Waals surface area contributed by atoms with E-state index in [0.29, 0.717) is 12.2 Å². The smallest absolute Gasteiger partial charge is 0.136 e. The molecule has 0 amide bonds. The van der Waals surface area contributed by atoms with Crippen LogP contribution < -0.4 is 0 Å². The van der Waals surface area contributed by atoms with Gasteiger partial charge >= 0.3 is 0 Å². The summed E-state index contributed by atoms with van der Waals surface area (Å²) in [7, 11) is 0. The Morgan fingerprint density at radius 3 is 2.14 bits per heavy atom. The van der Waals surface area contributed by atoms with Gasteiger partial charge in [-0.1, -0.05) is 24.3 Å². The summed E-state index contributed by atoms with van der Waals surface area (Å²) in [4.78, 5) is 15.3. The molecule has 0 aliphatic heterocycles. The van der Waals surface area contributed by atoms with Gasteiger partial charge in [-0.3, -0.25) is 0 Å². The minimum Gasteiger partial charge on any atom is -0.385 e. The summed E-state index contributed by atoms with van der Waals surface area (Å²) in [6.07, 6.45) is -0.313. The molecule has 2 aromatic carbocycles. The molecule has 2 heterocycles. The second-order valence-electron chi connectivity index (χ2n) is 5.06. The van der Waals surface area contributed by atoms with E-state index < -0.39 is 6.10 Å². The molecular formula is C16H14N4O. The monoisotopic (exact) mass is 278 g/mol. The maximum absolute atomic E-state index is 10.3. The lowest BCUT2D eigenvalue weighted by Gasteiger charge is -2.04. The van der Waals surface area contributed by atoms with Gasteiger partial charge in [-0.2, -0.15) is 0 Å². The fourth-order valence-electron chi connectivity index (χ4n) is 2.51. The summed E-state index contributed by atoms with van der Waals surface area (Å²) in [6.45, 7) is 0. The van der Waals surface area contributed by atoms with E-state index in [1.165, 1.54) is 0 Å². The number of hydrogen-bond donors (Lipinski definition) is 3. The molecule has 0 saturated heterocycles. The molecule has 0 spiro atoms. The van der Waals surface area contributed by atoms with Crippen LogP contribution in [0.15, 0.2) is 48.5 Å². The number of nitrogens with zero attached hydrogens (tertiary/aromatic N) is 2. The number of nitrogens with one attached hydrogen (secondary N) is 2. The van der Waals surface area contributed by atoms with Gasteiger partial charge in [0.2, 0.25) is 0 Å². The molecule has 4 rings (SSSR count). The van der Waals surface area contributed by atoms with Gasteiger partial charge in [-0.25, -0.2) is 9.97 Å². The Kier molecular flexibility index (Phi) is 2.72. The SMILES string of the molecule is O[C@@H](Cc1nc2ccccc2[nH]1)c1nc2ccccc2[nH]1. The van der Waals surface area contributed by atoms with Crippen LogP contribution in [-0.2, 0) is 6.42 Å². The second-order valence-corrected chi connectivity index (χ2v) is 5.06. The van der Waals surface area contributed by atoms with Crippen molar-refractivity contribution in [3.8, 4) is 0 Å². The first-order chi connectivity index (χ1) is 10.3. The fourth-order valence-corrected chi connectivity index (χ4v) is 2.51. The zero-order valence-electron chi connectivity index (χ0n) is 11.2. The van der Waals surface area contributed by atoms with Crippen LogP contribution in [0.2, 0.25) is 0 Å². The van der Waals surface area contributed by atoms with Crippen molar-refractivity contribution in [3.05, 3.63) is 60.2 Å². The molecule has 3 N–H and O–H groups in total. The maximum atomic E-state index is 10.3. The highest BCUT2D eigenvalue weighted by molar-refractivity contribution is 5.75. The minimum atomic E-state index is -0.710. The van der Waals surface area contributed by atoms with E-state index in [9.17, 15) is 5.11 Å². The molecule has 0 aliphatic carbocycles. The number of rotatable bonds is 3. The lowest BCUT2D eigenvalue weighted by molar-refractivity contribution is 0.167. The van der Waals surface area contributed by atoms with Gasteiger partial charge in [-0.15, -0.1) is 0 Å². The van der Waals surface area contributed by atoms with Gasteiger partial charge in [0.05, 0.1) is 22.1 Å². The number of para-hydroxylation sites is 4. The van der Waals surface area contributed by atoms with Crippen molar-refractivity contribution >= 4 is 22.1 Å². The van der Waals surface area contributed by atoms with Crippen LogP contribution in [-0.4, -0.2) is 25.0 Å². The van der Waals surface area contributed by atoms with Gasteiger partial charge in [0.25, 0.3) is 0 Å². The Morgan fingerprint density at radius 2 is 1.48 bits per heavy atom. The van der Waals surface area contributed by atoms with E-state index in [1.807, 2.05) is 48.5 Å². The number of hydrogen-bond acceptors (Lipinski definition) is 3. The van der Waals surface area contributed by atoms with Gasteiger partial charge in [0, 0.05) is 6.42 Å². The number of benzene rings is 2. The molecule has 0 bridgehead atoms. The molecule has 5 heteroatoms. The summed E-state index contributed by atoms with van der Waals surface area (Å²) in [5.41, 5.74) is 3.67. The molecule has 0 aliphatic rings. The van der Waals surface area contributed by atoms with Crippen LogP contribution >= 0.6 is 0 Å². The highest BCUT2D eigenvalue weighted by Gasteiger charge is 2.15. The third kappa shape index (κ3) is 2.17. The molecule has 0 fully saturated rings. The van der Waals surface area contributed by atoms with E-state index in [1.54, 1.807) is 0 Å². The van der Waals surface area contributed by atoms with Crippen molar-refractivity contribution in [2.24, 2.45) is 0 Å². The maximum Gasteiger partial charge on any atom is 0.136 e. The number of imidazole rings is 2. The summed E-state index contributed by atoms with van der Waals surface area (Å²) in [5.74, 6) is 1.32. The summed E-state index contributed by atoms with van der Waals surface area (Å²) in [5, 5.41) is 10.3. The highest BCUT2D eigenvalue weighted by atomic mass is 16.3. The van der Waals surface area contributed by atoms with Crippen LogP contribution in [0.4, 0.5) is 0 Å². The summed E-state index contributed by atoms with van der Waals surface area (Å²) < 4.78 is 0. The zero-order valence-corrected chi connectivity index (χ0v) is 11.2. The van der Waals surface area contributed by atoms with Crippen molar-refractivity contribution in [2.75, 3.05) is 0 Å². The van der Waals surface area contributed by atoms with E-state index in [-0.39, 0.29) is 0 Å². The van der Waals surface area contributed by atoms with Crippen molar-refractivity contribution in [2.45, 2.75) is 12.5 Å². The Bertz CT molecular complexity index is 843. The molecule has 4 aromatic rings. The zero-order chi connectivity index (χ0) is 14.2. The lowest BCUT2D eigenvalue weighted by atomic mass is 10.2. The van der Waals surface area contributed by atoms with E-state index >= 15 is 0 Å². The van der Waals surface area contributed by atoms with Crippen LogP contribution in [0.5, 0.6) is 0 Å². The second kappa shape index (κ2) is 4.71. The van der Waals surface area contributed by atoms with Crippen molar-refractivity contribution in [3.63, 3.8) is 0 Å². The Hall–Kier alpha value is -2.66. The molecule has 0 unspecified atom stereocenters. The number of aliphatic hydroxyl groups excluding tert-OH is 1. The molecule has 1 atom stereocenters. The molecule has 104 valence electrons. The van der Waals surface area contributed by atoms with Gasteiger partial charge < -0.3 is 15.1 Å². The van der Waals surface area contributed by atoms with Gasteiger partial charge in [0.15, 0.2) is 0 Å². The molecule has 2 aromatic heterocycles. The van der Waals surface area contributed by atoms with Gasteiger partial charge in [0.1, 0.15) is 17.8 Å². The summed E-state index contributed by atoms with van der Waals surface area (Å²) in [6, 6.07) is 15.6. The van der Waals surface area contributed by atoms with E-state index in [4.69, 9.17) is 0 Å². The highest BCUT2D eigenvalue weighted by Crippen LogP contribution is 2.19. The van der Waals surface area contributed by atoms with Crippen LogP contribution in [0.25, 0.3) is 22.1 Å². The minimum absolute atomic E-state index is 0.397. The quantitative estimate of drug-likeness (QED) is 0.539. The third-order valence-electron chi connectivity index (χ3n) is 3.55. The fraction of sp³-hybridized carbons (Fsp3) is 0.125. The first-order valence-electron chi connectivity index (χ1n) is 6.86. The Morgan fingerprint density at radius 1 is 0.857 bits per heavy atom. The molecule has 0 saturated carbocycles. The van der Waals surface area contributed by atoms with Crippen LogP contribution in [0, 0.1) is 0 Å². The predicted octanol–water partition coefficient (Wildman–Crippen LogP) is 2.72. The first-order valence-corrected chi connectivity index (χ1v) is 6.86.